The molecule has 2 aromatic rings. The lowest BCUT2D eigenvalue weighted by Gasteiger charge is -1.84. The molecule has 0 aliphatic heterocycles. The molecular weight excluding hydrogens is 194 g/mol. The van der Waals surface area contributed by atoms with Crippen molar-refractivity contribution in [2.24, 2.45) is 0 Å². The molecular formula is C11H15NO3. The van der Waals surface area contributed by atoms with Gasteiger partial charge in [0, 0.05) is 18.4 Å². The number of benzene rings is 1. The van der Waals surface area contributed by atoms with Gasteiger partial charge in [-0.1, -0.05) is 18.2 Å². The van der Waals surface area contributed by atoms with E-state index in [-0.39, 0.29) is 11.0 Å². The van der Waals surface area contributed by atoms with Crippen LogP contribution in [0.1, 0.15) is 12.7 Å². The van der Waals surface area contributed by atoms with Crippen molar-refractivity contribution in [2.45, 2.75) is 6.92 Å². The average molecular weight is 209 g/mol. The highest BCUT2D eigenvalue weighted by molar-refractivity contribution is 5.79. The molecule has 1 heterocycles. The molecule has 0 saturated carbocycles. The standard InChI is InChI=1S/C11H11NO.2H2O/c1-8(12)6-10-7-9-4-2-3-5-11(9)13-10;;/h2-7H,12H2,1H3;2*1H2/b8-6+;;. The van der Waals surface area contributed by atoms with Gasteiger partial charge in [0.05, 0.1) is 0 Å². The molecule has 0 aliphatic carbocycles. The number of furan rings is 1. The average Bonchev–Trinajstić information content (AvgIpc) is 2.44. The Hall–Kier alpha value is -1.62. The molecule has 4 heteroatoms. The summed E-state index contributed by atoms with van der Waals surface area (Å²) in [6.45, 7) is 1.95. The normalized spacial score (nSPS) is 10.7. The fraction of sp³-hybridized carbons (Fsp3) is 0.0909. The second-order valence-corrected chi connectivity index (χ2v) is 3.18. The molecule has 82 valence electrons. The molecule has 0 atom stereocenters. The Morgan fingerprint density at radius 1 is 1.33 bits per heavy atom. The Bertz CT molecular complexity index is 423. The van der Waals surface area contributed by atoms with Crippen LogP contribution in [0.15, 0.2) is 40.4 Å². The van der Waals surface area contributed by atoms with Crippen LogP contribution in [0.4, 0.5) is 0 Å². The largest absolute Gasteiger partial charge is 0.870 e. The Morgan fingerprint density at radius 2 is 2.00 bits per heavy atom. The van der Waals surface area contributed by atoms with E-state index < -0.39 is 0 Å². The van der Waals surface area contributed by atoms with Crippen LogP contribution >= 0.6 is 0 Å². The number of hydrogen-bond acceptors (Lipinski definition) is 2. The molecule has 1 aromatic heterocycles. The van der Waals surface area contributed by atoms with E-state index in [1.54, 1.807) is 0 Å². The van der Waals surface area contributed by atoms with Crippen LogP contribution in [-0.4, -0.2) is 11.0 Å². The van der Waals surface area contributed by atoms with Gasteiger partial charge in [-0.25, -0.2) is 0 Å². The van der Waals surface area contributed by atoms with E-state index in [0.717, 1.165) is 22.4 Å². The van der Waals surface area contributed by atoms with Gasteiger partial charge < -0.3 is 21.1 Å². The maximum absolute atomic E-state index is 5.56. The van der Waals surface area contributed by atoms with Crippen molar-refractivity contribution in [3.63, 3.8) is 0 Å². The number of hydrogen-bond donors (Lipinski definition) is 1. The lowest BCUT2D eigenvalue weighted by atomic mass is 10.2. The van der Waals surface area contributed by atoms with Crippen LogP contribution in [0.5, 0.6) is 0 Å². The van der Waals surface area contributed by atoms with Crippen molar-refractivity contribution in [1.82, 2.24) is 0 Å². The first-order chi connectivity index (χ1) is 6.25. The molecule has 0 spiro atoms. The van der Waals surface area contributed by atoms with Crippen molar-refractivity contribution in [2.75, 3.05) is 0 Å². The van der Waals surface area contributed by atoms with Gasteiger partial charge in [-0.05, 0) is 12.1 Å². The first kappa shape index (κ1) is 13.4. The molecule has 1 aromatic carbocycles. The lowest BCUT2D eigenvalue weighted by molar-refractivity contribution is -0.299. The van der Waals surface area contributed by atoms with E-state index in [0.29, 0.717) is 0 Å². The molecule has 0 fully saturated rings. The van der Waals surface area contributed by atoms with Crippen molar-refractivity contribution in [1.29, 1.82) is 0 Å². The second kappa shape index (κ2) is 5.31. The predicted molar refractivity (Wildman–Crippen MR) is 58.3 cm³/mol. The fourth-order valence-electron chi connectivity index (χ4n) is 1.32. The molecule has 6 N–H and O–H groups in total. The Labute approximate surface area is 87.6 Å². The summed E-state index contributed by atoms with van der Waals surface area (Å²) in [7, 11) is 0. The molecule has 0 aliphatic rings. The Kier molecular flexibility index (Phi) is 4.73. The van der Waals surface area contributed by atoms with E-state index >= 15 is 0 Å². The summed E-state index contributed by atoms with van der Waals surface area (Å²) in [5.74, 6) is 0.869. The summed E-state index contributed by atoms with van der Waals surface area (Å²) < 4.78 is 5.56. The third-order valence-corrected chi connectivity index (χ3v) is 1.83. The van der Waals surface area contributed by atoms with Gasteiger partial charge in [-0.3, -0.25) is 0 Å². The highest BCUT2D eigenvalue weighted by atomic mass is 16.3. The van der Waals surface area contributed by atoms with E-state index in [2.05, 4.69) is 5.73 Å². The number of allylic oxidation sites excluding steroid dienone is 1. The summed E-state index contributed by atoms with van der Waals surface area (Å²) in [5.41, 5.74) is 5.73. The third-order valence-electron chi connectivity index (χ3n) is 1.83. The van der Waals surface area contributed by atoms with Gasteiger partial charge in [0.15, 0.2) is 0 Å². The van der Waals surface area contributed by atoms with E-state index in [1.807, 2.05) is 43.3 Å². The number of rotatable bonds is 1. The fourth-order valence-corrected chi connectivity index (χ4v) is 1.32. The highest BCUT2D eigenvalue weighted by Crippen LogP contribution is 2.19. The number of para-hydroxylation sites is 1. The SMILES string of the molecule is C/C([NH3+])=C\c1cc2ccccc2o1.O.[OH-]. The maximum atomic E-state index is 5.56. The van der Waals surface area contributed by atoms with Crippen molar-refractivity contribution >= 4 is 17.0 Å². The van der Waals surface area contributed by atoms with E-state index in [1.165, 1.54) is 0 Å². The lowest BCUT2D eigenvalue weighted by Crippen LogP contribution is -2.45. The van der Waals surface area contributed by atoms with Crippen LogP contribution in [0.3, 0.4) is 0 Å². The summed E-state index contributed by atoms with van der Waals surface area (Å²) >= 11 is 0. The van der Waals surface area contributed by atoms with Gasteiger partial charge in [-0.2, -0.15) is 0 Å². The highest BCUT2D eigenvalue weighted by Gasteiger charge is 1.99. The van der Waals surface area contributed by atoms with Crippen LogP contribution in [0.2, 0.25) is 0 Å². The Balaban J connectivity index is 0.000000980. The summed E-state index contributed by atoms with van der Waals surface area (Å²) in [6, 6.07) is 9.99. The van der Waals surface area contributed by atoms with Gasteiger partial charge in [0.1, 0.15) is 17.0 Å². The van der Waals surface area contributed by atoms with Crippen LogP contribution in [0, 0.1) is 0 Å². The molecule has 0 amide bonds. The van der Waals surface area contributed by atoms with E-state index in [4.69, 9.17) is 4.42 Å². The minimum Gasteiger partial charge on any atom is -0.870 e. The smallest absolute Gasteiger partial charge is 0.134 e. The Morgan fingerprint density at radius 3 is 2.60 bits per heavy atom. The first-order valence-corrected chi connectivity index (χ1v) is 4.24. The zero-order valence-electron chi connectivity index (χ0n) is 8.53. The zero-order chi connectivity index (χ0) is 9.26. The van der Waals surface area contributed by atoms with Gasteiger partial charge in [0.25, 0.3) is 0 Å². The van der Waals surface area contributed by atoms with Crippen molar-refractivity contribution < 1.29 is 21.1 Å². The van der Waals surface area contributed by atoms with Crippen molar-refractivity contribution in [3.8, 4) is 0 Å². The van der Waals surface area contributed by atoms with Gasteiger partial charge >= 0.3 is 0 Å². The minimum atomic E-state index is 0. The quantitative estimate of drug-likeness (QED) is 0.758. The topological polar surface area (TPSA) is 102 Å². The van der Waals surface area contributed by atoms with Crippen LogP contribution < -0.4 is 5.73 Å². The van der Waals surface area contributed by atoms with Crippen LogP contribution in [0.25, 0.3) is 17.0 Å². The summed E-state index contributed by atoms with van der Waals surface area (Å²) in [4.78, 5) is 0. The van der Waals surface area contributed by atoms with Crippen molar-refractivity contribution in [3.05, 3.63) is 41.8 Å². The van der Waals surface area contributed by atoms with E-state index in [9.17, 15) is 0 Å². The summed E-state index contributed by atoms with van der Waals surface area (Å²) in [5, 5.41) is 1.13. The maximum Gasteiger partial charge on any atom is 0.134 e. The molecule has 0 radical (unpaired) electrons. The monoisotopic (exact) mass is 209 g/mol. The van der Waals surface area contributed by atoms with Gasteiger partial charge in [-0.15, -0.1) is 0 Å². The summed E-state index contributed by atoms with van der Waals surface area (Å²) in [6.07, 6.45) is 1.93. The molecule has 4 nitrogen and oxygen atoms in total. The zero-order valence-corrected chi connectivity index (χ0v) is 8.53. The third kappa shape index (κ3) is 2.92. The number of fused-ring (bicyclic) bond motifs is 1. The molecule has 0 bridgehead atoms. The second-order valence-electron chi connectivity index (χ2n) is 3.18. The molecule has 0 unspecified atom stereocenters. The molecule has 0 saturated heterocycles. The molecule has 15 heavy (non-hydrogen) atoms. The van der Waals surface area contributed by atoms with Gasteiger partial charge in [0.2, 0.25) is 0 Å². The predicted octanol–water partition coefficient (Wildman–Crippen LogP) is 1.03. The van der Waals surface area contributed by atoms with Crippen LogP contribution in [-0.2, 0) is 0 Å². The number of quaternary nitrogens is 1. The minimum absolute atomic E-state index is 0. The first-order valence-electron chi connectivity index (χ1n) is 4.24. The molecule has 2 rings (SSSR count).